The summed E-state index contributed by atoms with van der Waals surface area (Å²) >= 11 is 0. The number of ether oxygens (including phenoxy) is 4. The molecule has 0 fully saturated rings. The lowest BCUT2D eigenvalue weighted by atomic mass is 10.1. The predicted octanol–water partition coefficient (Wildman–Crippen LogP) is 4.31. The van der Waals surface area contributed by atoms with Crippen molar-refractivity contribution in [2.45, 2.75) is 12.8 Å². The summed E-state index contributed by atoms with van der Waals surface area (Å²) in [6, 6.07) is 15.2. The Bertz CT molecular complexity index is 843. The van der Waals surface area contributed by atoms with Crippen LogP contribution in [0.4, 0.5) is 0 Å². The molecule has 1 aromatic carbocycles. The van der Waals surface area contributed by atoms with Gasteiger partial charge in [-0.3, -0.25) is 4.98 Å². The largest absolute Gasteiger partial charge is 0.489 e. The molecule has 0 amide bonds. The van der Waals surface area contributed by atoms with Crippen LogP contribution in [0.1, 0.15) is 12.0 Å². The van der Waals surface area contributed by atoms with Gasteiger partial charge in [0.1, 0.15) is 18.1 Å². The van der Waals surface area contributed by atoms with Gasteiger partial charge in [-0.05, 0) is 48.7 Å². The number of nitrogens with zero attached hydrogens (tertiary/aromatic N) is 2. The molecule has 3 rings (SSSR count). The molecular weight excluding hydrogens is 356 g/mol. The van der Waals surface area contributed by atoms with Crippen molar-refractivity contribution in [2.24, 2.45) is 0 Å². The van der Waals surface area contributed by atoms with Crippen molar-refractivity contribution < 1.29 is 18.9 Å². The molecule has 0 aliphatic carbocycles. The average molecular weight is 380 g/mol. The van der Waals surface area contributed by atoms with Gasteiger partial charge in [0.05, 0.1) is 19.4 Å². The van der Waals surface area contributed by atoms with E-state index in [0.29, 0.717) is 31.5 Å². The van der Waals surface area contributed by atoms with Gasteiger partial charge in [0.25, 0.3) is 5.88 Å². The van der Waals surface area contributed by atoms with E-state index in [1.54, 1.807) is 25.7 Å². The Labute approximate surface area is 165 Å². The molecule has 2 heterocycles. The molecule has 0 N–H and O–H groups in total. The highest BCUT2D eigenvalue weighted by molar-refractivity contribution is 5.37. The first kappa shape index (κ1) is 19.6. The second kappa shape index (κ2) is 10.9. The highest BCUT2D eigenvalue weighted by Crippen LogP contribution is 2.29. The van der Waals surface area contributed by atoms with Crippen LogP contribution in [0.15, 0.2) is 67.1 Å². The molecule has 6 heteroatoms. The van der Waals surface area contributed by atoms with Crippen molar-refractivity contribution in [1.29, 1.82) is 0 Å². The Morgan fingerprint density at radius 2 is 1.68 bits per heavy atom. The van der Waals surface area contributed by atoms with Gasteiger partial charge in [-0.1, -0.05) is 18.2 Å². The predicted molar refractivity (Wildman–Crippen MR) is 106 cm³/mol. The fourth-order valence-electron chi connectivity index (χ4n) is 2.59. The van der Waals surface area contributed by atoms with Gasteiger partial charge in [0.2, 0.25) is 0 Å². The second-order valence-electron chi connectivity index (χ2n) is 6.00. The van der Waals surface area contributed by atoms with Gasteiger partial charge in [-0.15, -0.1) is 0 Å². The summed E-state index contributed by atoms with van der Waals surface area (Å²) in [6.07, 6.45) is 6.83. The zero-order chi connectivity index (χ0) is 19.4. The van der Waals surface area contributed by atoms with E-state index in [4.69, 9.17) is 18.9 Å². The monoisotopic (exact) mass is 380 g/mol. The van der Waals surface area contributed by atoms with Crippen LogP contribution >= 0.6 is 0 Å². The first-order chi connectivity index (χ1) is 13.9. The zero-order valence-electron chi connectivity index (χ0n) is 15.9. The number of hydrogen-bond acceptors (Lipinski definition) is 6. The van der Waals surface area contributed by atoms with Crippen molar-refractivity contribution >= 4 is 0 Å². The van der Waals surface area contributed by atoms with Crippen molar-refractivity contribution in [3.63, 3.8) is 0 Å². The van der Waals surface area contributed by atoms with Gasteiger partial charge in [0.15, 0.2) is 5.75 Å². The molecule has 0 saturated heterocycles. The van der Waals surface area contributed by atoms with E-state index in [2.05, 4.69) is 9.97 Å². The number of methoxy groups -OCH3 is 1. The van der Waals surface area contributed by atoms with Crippen LogP contribution in [0.3, 0.4) is 0 Å². The summed E-state index contributed by atoms with van der Waals surface area (Å²) in [5.41, 5.74) is 1.10. The van der Waals surface area contributed by atoms with E-state index in [1.165, 1.54) is 0 Å². The lowest BCUT2D eigenvalue weighted by molar-refractivity contribution is 0.145. The van der Waals surface area contributed by atoms with Crippen LogP contribution in [0.5, 0.6) is 23.1 Å². The summed E-state index contributed by atoms with van der Waals surface area (Å²) in [7, 11) is 1.65. The minimum absolute atomic E-state index is 0.459. The van der Waals surface area contributed by atoms with E-state index >= 15 is 0 Å². The topological polar surface area (TPSA) is 62.7 Å². The van der Waals surface area contributed by atoms with Crippen LogP contribution in [-0.4, -0.2) is 36.9 Å². The summed E-state index contributed by atoms with van der Waals surface area (Å²) < 4.78 is 22.5. The van der Waals surface area contributed by atoms with Gasteiger partial charge >= 0.3 is 0 Å². The maximum Gasteiger partial charge on any atom is 0.262 e. The third-order valence-electron chi connectivity index (χ3n) is 3.96. The Morgan fingerprint density at radius 1 is 0.821 bits per heavy atom. The number of benzene rings is 1. The molecule has 146 valence electrons. The average Bonchev–Trinajstić information content (AvgIpc) is 2.74. The Kier molecular flexibility index (Phi) is 7.64. The van der Waals surface area contributed by atoms with Gasteiger partial charge in [-0.25, -0.2) is 4.98 Å². The molecule has 0 saturated carbocycles. The molecular formula is C22H24N2O4. The van der Waals surface area contributed by atoms with Gasteiger partial charge in [0, 0.05) is 19.5 Å². The number of pyridine rings is 2. The number of aromatic nitrogens is 2. The summed E-state index contributed by atoms with van der Waals surface area (Å²) in [4.78, 5) is 8.41. The lowest BCUT2D eigenvalue weighted by Crippen LogP contribution is -2.07. The van der Waals surface area contributed by atoms with Crippen molar-refractivity contribution in [2.75, 3.05) is 26.9 Å². The van der Waals surface area contributed by atoms with E-state index in [1.807, 2.05) is 48.5 Å². The molecule has 3 aromatic rings. The third kappa shape index (κ3) is 5.96. The number of hydrogen-bond donors (Lipinski definition) is 0. The van der Waals surface area contributed by atoms with Crippen molar-refractivity contribution in [1.82, 2.24) is 9.97 Å². The Hall–Kier alpha value is -3.12. The minimum Gasteiger partial charge on any atom is -0.489 e. The normalized spacial score (nSPS) is 10.5. The van der Waals surface area contributed by atoms with Crippen molar-refractivity contribution in [3.05, 3.63) is 72.7 Å². The maximum atomic E-state index is 5.91. The number of aryl methyl sites for hydroxylation is 1. The number of para-hydroxylation sites is 1. The quantitative estimate of drug-likeness (QED) is 0.462. The smallest absolute Gasteiger partial charge is 0.262 e. The first-order valence-corrected chi connectivity index (χ1v) is 9.22. The zero-order valence-corrected chi connectivity index (χ0v) is 15.9. The van der Waals surface area contributed by atoms with E-state index in [9.17, 15) is 0 Å². The molecule has 2 aromatic heterocycles. The fourth-order valence-corrected chi connectivity index (χ4v) is 2.59. The van der Waals surface area contributed by atoms with Gasteiger partial charge in [-0.2, -0.15) is 0 Å². The fraction of sp³-hybridized carbons (Fsp3) is 0.273. The molecule has 0 aliphatic heterocycles. The third-order valence-corrected chi connectivity index (χ3v) is 3.96. The van der Waals surface area contributed by atoms with Gasteiger partial charge < -0.3 is 18.9 Å². The molecule has 0 aliphatic rings. The number of rotatable bonds is 11. The molecule has 0 bridgehead atoms. The molecule has 0 spiro atoms. The Balaban J connectivity index is 1.52. The molecule has 0 radical (unpaired) electrons. The van der Waals surface area contributed by atoms with E-state index in [0.717, 1.165) is 29.9 Å². The molecule has 0 unspecified atom stereocenters. The van der Waals surface area contributed by atoms with E-state index < -0.39 is 0 Å². The standard InChI is InChI=1S/C22H24N2O4/c1-25-15-16-27-21-17-23-13-11-18(21)7-6-14-26-20-10-5-12-24-22(20)28-19-8-3-2-4-9-19/h2-5,8-13,17H,6-7,14-16H2,1H3. The summed E-state index contributed by atoms with van der Waals surface area (Å²) in [6.45, 7) is 1.58. The van der Waals surface area contributed by atoms with Crippen molar-refractivity contribution in [3.8, 4) is 23.1 Å². The summed E-state index contributed by atoms with van der Waals surface area (Å²) in [5.74, 6) is 2.59. The van der Waals surface area contributed by atoms with Crippen LogP contribution < -0.4 is 14.2 Å². The summed E-state index contributed by atoms with van der Waals surface area (Å²) in [5, 5.41) is 0. The highest BCUT2D eigenvalue weighted by Gasteiger charge is 2.08. The lowest BCUT2D eigenvalue weighted by Gasteiger charge is -2.12. The first-order valence-electron chi connectivity index (χ1n) is 9.22. The minimum atomic E-state index is 0.459. The highest BCUT2D eigenvalue weighted by atomic mass is 16.5. The second-order valence-corrected chi connectivity index (χ2v) is 6.00. The maximum absolute atomic E-state index is 5.91. The van der Waals surface area contributed by atoms with Crippen LogP contribution in [0, 0.1) is 0 Å². The van der Waals surface area contributed by atoms with Crippen LogP contribution in [0.25, 0.3) is 0 Å². The SMILES string of the molecule is COCCOc1cnccc1CCCOc1cccnc1Oc1ccccc1. The Morgan fingerprint density at radius 3 is 2.54 bits per heavy atom. The molecule has 28 heavy (non-hydrogen) atoms. The molecule has 0 atom stereocenters. The van der Waals surface area contributed by atoms with Crippen LogP contribution in [-0.2, 0) is 11.2 Å². The van der Waals surface area contributed by atoms with E-state index in [-0.39, 0.29) is 0 Å². The van der Waals surface area contributed by atoms with Crippen LogP contribution in [0.2, 0.25) is 0 Å². The molecule has 6 nitrogen and oxygen atoms in total.